The second kappa shape index (κ2) is 7.28. The highest BCUT2D eigenvalue weighted by molar-refractivity contribution is 5.97. The molecule has 1 aromatic rings. The van der Waals surface area contributed by atoms with E-state index in [9.17, 15) is 18.7 Å². The molecule has 0 spiro atoms. The van der Waals surface area contributed by atoms with E-state index in [1.165, 1.54) is 7.11 Å². The molecule has 0 amide bonds. The van der Waals surface area contributed by atoms with Gasteiger partial charge in [0, 0.05) is 19.7 Å². The maximum Gasteiger partial charge on any atom is 0.179 e. The molecule has 0 radical (unpaired) electrons. The molecule has 1 atom stereocenters. The largest absolute Gasteiger partial charge is 0.389 e. The fourth-order valence-electron chi connectivity index (χ4n) is 1.72. The van der Waals surface area contributed by atoms with Gasteiger partial charge in [-0.15, -0.1) is 0 Å². The lowest BCUT2D eigenvalue weighted by Crippen LogP contribution is -2.35. The Labute approximate surface area is 110 Å². The summed E-state index contributed by atoms with van der Waals surface area (Å²) in [6.07, 6.45) is -0.721. The van der Waals surface area contributed by atoms with Gasteiger partial charge in [-0.3, -0.25) is 9.69 Å². The number of hydrogen-bond donors (Lipinski definition) is 1. The topological polar surface area (TPSA) is 49.8 Å². The molecule has 0 bridgehead atoms. The highest BCUT2D eigenvalue weighted by Gasteiger charge is 2.16. The molecule has 1 rings (SSSR count). The minimum atomic E-state index is -0.879. The van der Waals surface area contributed by atoms with Crippen LogP contribution in [0.15, 0.2) is 18.2 Å². The standard InChI is InChI=1S/C13H17F2NO3/c1-16(6-10(17)8-19-2)7-13(18)11-4-3-9(14)5-12(11)15/h3-5,10,17H,6-8H2,1-2H3. The molecule has 4 nitrogen and oxygen atoms in total. The Balaban J connectivity index is 2.59. The van der Waals surface area contributed by atoms with Crippen LogP contribution < -0.4 is 0 Å². The van der Waals surface area contributed by atoms with Crippen molar-refractivity contribution in [3.8, 4) is 0 Å². The maximum absolute atomic E-state index is 13.4. The van der Waals surface area contributed by atoms with E-state index in [4.69, 9.17) is 4.74 Å². The summed E-state index contributed by atoms with van der Waals surface area (Å²) in [5.74, 6) is -2.07. The molecule has 1 N–H and O–H groups in total. The highest BCUT2D eigenvalue weighted by Crippen LogP contribution is 2.10. The number of halogens is 2. The van der Waals surface area contributed by atoms with Gasteiger partial charge in [0.2, 0.25) is 0 Å². The zero-order chi connectivity index (χ0) is 14.4. The van der Waals surface area contributed by atoms with Crippen LogP contribution in [0, 0.1) is 11.6 Å². The number of methoxy groups -OCH3 is 1. The number of Topliss-reactive ketones (excluding diaryl/α,β-unsaturated/α-hetero) is 1. The molecule has 0 heterocycles. The van der Waals surface area contributed by atoms with E-state index in [0.29, 0.717) is 6.07 Å². The van der Waals surface area contributed by atoms with Gasteiger partial charge in [-0.05, 0) is 19.2 Å². The van der Waals surface area contributed by atoms with Gasteiger partial charge in [0.25, 0.3) is 0 Å². The highest BCUT2D eigenvalue weighted by atomic mass is 19.1. The van der Waals surface area contributed by atoms with Crippen LogP contribution in [-0.4, -0.2) is 55.7 Å². The van der Waals surface area contributed by atoms with Crippen LogP contribution in [-0.2, 0) is 4.74 Å². The lowest BCUT2D eigenvalue weighted by atomic mass is 10.1. The molecule has 1 aromatic carbocycles. The molecule has 0 aliphatic rings. The fraction of sp³-hybridized carbons (Fsp3) is 0.462. The van der Waals surface area contributed by atoms with Crippen molar-refractivity contribution in [3.63, 3.8) is 0 Å². The molecule has 6 heteroatoms. The number of carbonyl (C=O) groups excluding carboxylic acids is 1. The average Bonchev–Trinajstić information content (AvgIpc) is 2.28. The molecule has 0 saturated heterocycles. The van der Waals surface area contributed by atoms with Crippen LogP contribution in [0.25, 0.3) is 0 Å². The molecule has 1 unspecified atom stereocenters. The van der Waals surface area contributed by atoms with Crippen molar-refractivity contribution >= 4 is 5.78 Å². The zero-order valence-corrected chi connectivity index (χ0v) is 10.9. The maximum atomic E-state index is 13.4. The first-order chi connectivity index (χ1) is 8.93. The van der Waals surface area contributed by atoms with E-state index in [1.54, 1.807) is 11.9 Å². The van der Waals surface area contributed by atoms with Gasteiger partial charge >= 0.3 is 0 Å². The molecular formula is C13H17F2NO3. The summed E-state index contributed by atoms with van der Waals surface area (Å²) in [5.41, 5.74) is -0.158. The number of aliphatic hydroxyl groups excluding tert-OH is 1. The predicted octanol–water partition coefficient (Wildman–Crippen LogP) is 1.09. The monoisotopic (exact) mass is 273 g/mol. The third kappa shape index (κ3) is 5.02. The minimum absolute atomic E-state index is 0.0661. The number of hydrogen-bond acceptors (Lipinski definition) is 4. The van der Waals surface area contributed by atoms with Crippen LogP contribution in [0.5, 0.6) is 0 Å². The van der Waals surface area contributed by atoms with E-state index < -0.39 is 23.5 Å². The number of rotatable bonds is 7. The second-order valence-electron chi connectivity index (χ2n) is 4.35. The minimum Gasteiger partial charge on any atom is -0.389 e. The predicted molar refractivity (Wildman–Crippen MR) is 66.1 cm³/mol. The van der Waals surface area contributed by atoms with Gasteiger partial charge in [-0.25, -0.2) is 8.78 Å². The summed E-state index contributed by atoms with van der Waals surface area (Å²) in [6.45, 7) is 0.315. The van der Waals surface area contributed by atoms with Crippen molar-refractivity contribution in [2.75, 3.05) is 33.9 Å². The van der Waals surface area contributed by atoms with Crippen molar-refractivity contribution in [2.24, 2.45) is 0 Å². The summed E-state index contributed by atoms with van der Waals surface area (Å²) < 4.78 is 30.9. The smallest absolute Gasteiger partial charge is 0.179 e. The average molecular weight is 273 g/mol. The summed E-state index contributed by atoms with van der Waals surface area (Å²) in [5, 5.41) is 9.49. The van der Waals surface area contributed by atoms with Gasteiger partial charge in [0.05, 0.1) is 24.8 Å². The van der Waals surface area contributed by atoms with Crippen LogP contribution >= 0.6 is 0 Å². The molecule has 106 valence electrons. The van der Waals surface area contributed by atoms with E-state index in [0.717, 1.165) is 12.1 Å². The number of nitrogens with zero attached hydrogens (tertiary/aromatic N) is 1. The number of benzene rings is 1. The molecule has 0 saturated carbocycles. The molecule has 0 aromatic heterocycles. The lowest BCUT2D eigenvalue weighted by Gasteiger charge is -2.19. The number of ether oxygens (including phenoxy) is 1. The third-order valence-corrected chi connectivity index (χ3v) is 2.53. The Morgan fingerprint density at radius 2 is 2.16 bits per heavy atom. The quantitative estimate of drug-likeness (QED) is 0.755. The van der Waals surface area contributed by atoms with Gasteiger partial charge < -0.3 is 9.84 Å². The first-order valence-corrected chi connectivity index (χ1v) is 5.77. The van der Waals surface area contributed by atoms with Crippen LogP contribution in [0.2, 0.25) is 0 Å². The number of carbonyl (C=O) groups is 1. The third-order valence-electron chi connectivity index (χ3n) is 2.53. The van der Waals surface area contributed by atoms with Crippen molar-refractivity contribution in [3.05, 3.63) is 35.4 Å². The molecular weight excluding hydrogens is 256 g/mol. The summed E-state index contributed by atoms with van der Waals surface area (Å²) in [4.78, 5) is 13.4. The van der Waals surface area contributed by atoms with Gasteiger partial charge in [0.15, 0.2) is 5.78 Å². The van der Waals surface area contributed by atoms with E-state index in [2.05, 4.69) is 0 Å². The normalized spacial score (nSPS) is 12.7. The Morgan fingerprint density at radius 3 is 2.74 bits per heavy atom. The Hall–Kier alpha value is -1.37. The molecule has 0 aliphatic carbocycles. The summed E-state index contributed by atoms with van der Waals surface area (Å²) in [6, 6.07) is 2.83. The molecule has 0 fully saturated rings. The van der Waals surface area contributed by atoms with Crippen molar-refractivity contribution in [2.45, 2.75) is 6.10 Å². The van der Waals surface area contributed by atoms with Gasteiger partial charge in [0.1, 0.15) is 11.6 Å². The number of aliphatic hydroxyl groups is 1. The fourth-order valence-corrected chi connectivity index (χ4v) is 1.72. The SMILES string of the molecule is COCC(O)CN(C)CC(=O)c1ccc(F)cc1F. The van der Waals surface area contributed by atoms with E-state index in [1.807, 2.05) is 0 Å². The Kier molecular flexibility index (Phi) is 6.01. The van der Waals surface area contributed by atoms with Crippen molar-refractivity contribution in [1.82, 2.24) is 4.90 Å². The van der Waals surface area contributed by atoms with Crippen molar-refractivity contribution in [1.29, 1.82) is 0 Å². The number of likely N-dealkylation sites (N-methyl/N-ethyl adjacent to an activating group) is 1. The van der Waals surface area contributed by atoms with Crippen LogP contribution in [0.1, 0.15) is 10.4 Å². The molecule has 19 heavy (non-hydrogen) atoms. The van der Waals surface area contributed by atoms with Crippen LogP contribution in [0.4, 0.5) is 8.78 Å². The summed E-state index contributed by atoms with van der Waals surface area (Å²) >= 11 is 0. The molecule has 0 aliphatic heterocycles. The Morgan fingerprint density at radius 1 is 1.47 bits per heavy atom. The number of ketones is 1. The van der Waals surface area contributed by atoms with Crippen molar-refractivity contribution < 1.29 is 23.4 Å². The van der Waals surface area contributed by atoms with Gasteiger partial charge in [-0.2, -0.15) is 0 Å². The van der Waals surface area contributed by atoms with Gasteiger partial charge in [-0.1, -0.05) is 0 Å². The van der Waals surface area contributed by atoms with Crippen LogP contribution in [0.3, 0.4) is 0 Å². The van der Waals surface area contributed by atoms with E-state index in [-0.39, 0.29) is 25.3 Å². The zero-order valence-electron chi connectivity index (χ0n) is 10.9. The summed E-state index contributed by atoms with van der Waals surface area (Å²) in [7, 11) is 3.08. The first-order valence-electron chi connectivity index (χ1n) is 5.77. The Bertz CT molecular complexity index is 440. The lowest BCUT2D eigenvalue weighted by molar-refractivity contribution is 0.0427. The second-order valence-corrected chi connectivity index (χ2v) is 4.35. The first kappa shape index (κ1) is 15.7. The van der Waals surface area contributed by atoms with E-state index >= 15 is 0 Å².